The highest BCUT2D eigenvalue weighted by Gasteiger charge is 2.23. The van der Waals surface area contributed by atoms with Crippen molar-refractivity contribution in [1.29, 1.82) is 0 Å². The van der Waals surface area contributed by atoms with Crippen LogP contribution in [0, 0.1) is 5.92 Å². The third-order valence-electron chi connectivity index (χ3n) is 3.53. The second-order valence-corrected chi connectivity index (χ2v) is 8.45. The molecule has 3 N–H and O–H groups in total. The minimum atomic E-state index is 0.0583. The smallest absolute Gasteiger partial charge is 0.235 e. The van der Waals surface area contributed by atoms with Crippen molar-refractivity contribution in [2.75, 3.05) is 0 Å². The van der Waals surface area contributed by atoms with Crippen molar-refractivity contribution in [3.05, 3.63) is 39.6 Å². The highest BCUT2D eigenvalue weighted by molar-refractivity contribution is 8.00. The minimum absolute atomic E-state index is 0.0583. The first-order valence-corrected chi connectivity index (χ1v) is 9.64. The first-order chi connectivity index (χ1) is 11.0. The van der Waals surface area contributed by atoms with E-state index < -0.39 is 0 Å². The molecule has 0 aliphatic rings. The maximum absolute atomic E-state index is 6.20. The number of hydrogen-bond acceptors (Lipinski definition) is 5. The van der Waals surface area contributed by atoms with Crippen LogP contribution in [-0.4, -0.2) is 19.8 Å². The van der Waals surface area contributed by atoms with Gasteiger partial charge >= 0.3 is 0 Å². The molecule has 5 nitrogen and oxygen atoms in total. The minimum Gasteiger partial charge on any atom is -0.348 e. The zero-order valence-corrected chi connectivity index (χ0v) is 15.8. The second-order valence-electron chi connectivity index (χ2n) is 5.46. The normalized spacial score (nSPS) is 13.1. The van der Waals surface area contributed by atoms with Crippen molar-refractivity contribution in [3.8, 4) is 0 Å². The monoisotopic (exact) mass is 388 g/mol. The van der Waals surface area contributed by atoms with Crippen molar-refractivity contribution in [2.24, 2.45) is 5.92 Å². The van der Waals surface area contributed by atoms with E-state index in [0.717, 1.165) is 20.7 Å². The van der Waals surface area contributed by atoms with E-state index >= 15 is 0 Å². The lowest BCUT2D eigenvalue weighted by Gasteiger charge is -2.08. The molecule has 2 aromatic heterocycles. The van der Waals surface area contributed by atoms with Gasteiger partial charge in [-0.05, 0) is 17.7 Å². The van der Waals surface area contributed by atoms with Gasteiger partial charge in [-0.2, -0.15) is 4.52 Å². The van der Waals surface area contributed by atoms with E-state index in [1.807, 2.05) is 18.2 Å². The third kappa shape index (κ3) is 3.49. The number of halogens is 2. The summed E-state index contributed by atoms with van der Waals surface area (Å²) in [5.74, 6) is 1.84. The van der Waals surface area contributed by atoms with E-state index in [4.69, 9.17) is 23.2 Å². The number of thioether (sulfide) groups is 1. The summed E-state index contributed by atoms with van der Waals surface area (Å²) >= 11 is 15.5. The summed E-state index contributed by atoms with van der Waals surface area (Å²) in [5, 5.41) is 14.3. The van der Waals surface area contributed by atoms with Crippen LogP contribution in [0.1, 0.15) is 31.3 Å². The molecule has 3 aromatic rings. The molecular formula is C14H16Cl2N5S2+. The average molecular weight is 389 g/mol. The lowest BCUT2D eigenvalue weighted by molar-refractivity contribution is -0.440. The van der Waals surface area contributed by atoms with E-state index in [2.05, 4.69) is 34.9 Å². The van der Waals surface area contributed by atoms with Crippen molar-refractivity contribution in [3.63, 3.8) is 0 Å². The number of nitrogens with zero attached hydrogens (tertiary/aromatic N) is 4. The second kappa shape index (κ2) is 6.94. The first-order valence-electron chi connectivity index (χ1n) is 7.08. The highest BCUT2D eigenvalue weighted by atomic mass is 35.5. The van der Waals surface area contributed by atoms with Crippen LogP contribution in [0.5, 0.6) is 0 Å². The molecule has 3 rings (SSSR count). The molecule has 9 heteroatoms. The molecule has 0 spiro atoms. The Kier molecular flexibility index (Phi) is 5.13. The number of hydrogen-bond donors (Lipinski definition) is 1. The van der Waals surface area contributed by atoms with E-state index in [0.29, 0.717) is 21.7 Å². The quantitative estimate of drug-likeness (QED) is 0.675. The van der Waals surface area contributed by atoms with Gasteiger partial charge in [-0.1, -0.05) is 66.2 Å². The molecule has 2 heterocycles. The average Bonchev–Trinajstić information content (AvgIpc) is 3.05. The highest BCUT2D eigenvalue weighted by Crippen LogP contribution is 2.33. The molecule has 0 fully saturated rings. The first kappa shape index (κ1) is 17.0. The van der Waals surface area contributed by atoms with Crippen LogP contribution in [0.25, 0.3) is 4.96 Å². The molecular weight excluding hydrogens is 373 g/mol. The summed E-state index contributed by atoms with van der Waals surface area (Å²) in [5.41, 5.74) is 5.08. The Labute approximate surface area is 152 Å². The van der Waals surface area contributed by atoms with Crippen LogP contribution < -0.4 is 5.73 Å². The SMILES string of the molecule is CC(C)[C@H]([NH3+])c1nnc2sc(SCc3c(Cl)cccc3Cl)nn12. The van der Waals surface area contributed by atoms with Crippen LogP contribution in [0.4, 0.5) is 0 Å². The van der Waals surface area contributed by atoms with Crippen LogP contribution in [0.2, 0.25) is 10.0 Å². The van der Waals surface area contributed by atoms with Gasteiger partial charge in [-0.25, -0.2) is 0 Å². The Morgan fingerprint density at radius 1 is 1.26 bits per heavy atom. The number of rotatable bonds is 5. The molecule has 122 valence electrons. The lowest BCUT2D eigenvalue weighted by atomic mass is 10.1. The molecule has 1 aromatic carbocycles. The third-order valence-corrected chi connectivity index (χ3v) is 6.30. The Morgan fingerprint density at radius 2 is 1.96 bits per heavy atom. The summed E-state index contributed by atoms with van der Waals surface area (Å²) in [6.45, 7) is 4.22. The fraction of sp³-hybridized carbons (Fsp3) is 0.357. The van der Waals surface area contributed by atoms with Crippen molar-refractivity contribution in [1.82, 2.24) is 19.8 Å². The lowest BCUT2D eigenvalue weighted by Crippen LogP contribution is -2.56. The van der Waals surface area contributed by atoms with E-state index in [1.165, 1.54) is 11.3 Å². The molecule has 0 bridgehead atoms. The molecule has 0 saturated heterocycles. The van der Waals surface area contributed by atoms with Gasteiger partial charge in [-0.3, -0.25) is 0 Å². The Morgan fingerprint density at radius 3 is 2.61 bits per heavy atom. The van der Waals surface area contributed by atoms with Gasteiger partial charge < -0.3 is 5.73 Å². The predicted octanol–water partition coefficient (Wildman–Crippen LogP) is 3.72. The Hall–Kier alpha value is -0.860. The summed E-state index contributed by atoms with van der Waals surface area (Å²) in [6.07, 6.45) is 0. The zero-order valence-electron chi connectivity index (χ0n) is 12.7. The van der Waals surface area contributed by atoms with Crippen molar-refractivity contribution in [2.45, 2.75) is 30.0 Å². The zero-order chi connectivity index (χ0) is 16.6. The molecule has 1 atom stereocenters. The molecule has 0 aliphatic carbocycles. The maximum atomic E-state index is 6.20. The molecule has 23 heavy (non-hydrogen) atoms. The molecule has 0 aliphatic heterocycles. The van der Waals surface area contributed by atoms with Gasteiger partial charge in [0.05, 0.1) is 0 Å². The summed E-state index contributed by atoms with van der Waals surface area (Å²) in [4.78, 5) is 0.780. The summed E-state index contributed by atoms with van der Waals surface area (Å²) in [6, 6.07) is 5.59. The van der Waals surface area contributed by atoms with Crippen LogP contribution in [0.3, 0.4) is 0 Å². The molecule has 0 unspecified atom stereocenters. The van der Waals surface area contributed by atoms with E-state index in [-0.39, 0.29) is 6.04 Å². The topological polar surface area (TPSA) is 70.7 Å². The summed E-state index contributed by atoms with van der Waals surface area (Å²) < 4.78 is 2.70. The Bertz CT molecular complexity index is 810. The van der Waals surface area contributed by atoms with Gasteiger partial charge in [0.2, 0.25) is 10.8 Å². The van der Waals surface area contributed by atoms with Gasteiger partial charge in [0.25, 0.3) is 0 Å². The van der Waals surface area contributed by atoms with Gasteiger partial charge in [0, 0.05) is 21.7 Å². The number of benzene rings is 1. The largest absolute Gasteiger partial charge is 0.348 e. The fourth-order valence-corrected chi connectivity index (χ4v) is 4.63. The number of fused-ring (bicyclic) bond motifs is 1. The van der Waals surface area contributed by atoms with Crippen molar-refractivity contribution < 1.29 is 5.73 Å². The Balaban J connectivity index is 1.82. The van der Waals surface area contributed by atoms with E-state index in [1.54, 1.807) is 16.3 Å². The maximum Gasteiger partial charge on any atom is 0.235 e. The molecule has 0 amide bonds. The van der Waals surface area contributed by atoms with Gasteiger partial charge in [-0.15, -0.1) is 15.3 Å². The molecule has 0 saturated carbocycles. The predicted molar refractivity (Wildman–Crippen MR) is 95.1 cm³/mol. The van der Waals surface area contributed by atoms with Crippen LogP contribution >= 0.6 is 46.3 Å². The summed E-state index contributed by atoms with van der Waals surface area (Å²) in [7, 11) is 0. The number of aromatic nitrogens is 4. The van der Waals surface area contributed by atoms with Crippen LogP contribution in [-0.2, 0) is 5.75 Å². The standard InChI is InChI=1S/C14H15Cl2N5S2/c1-7(2)11(17)12-18-19-13-21(12)20-14(23-13)22-6-8-9(15)4-3-5-10(8)16/h3-5,7,11H,6,17H2,1-2H3/p+1/t11-/m0/s1. The van der Waals surface area contributed by atoms with Gasteiger partial charge in [0.1, 0.15) is 6.04 Å². The number of quaternary nitrogens is 1. The van der Waals surface area contributed by atoms with Crippen LogP contribution in [0.15, 0.2) is 22.5 Å². The molecule has 0 radical (unpaired) electrons. The van der Waals surface area contributed by atoms with Crippen molar-refractivity contribution >= 4 is 51.3 Å². The van der Waals surface area contributed by atoms with E-state index in [9.17, 15) is 0 Å². The van der Waals surface area contributed by atoms with Gasteiger partial charge in [0.15, 0.2) is 4.34 Å². The fourth-order valence-electron chi connectivity index (χ4n) is 2.01.